The Morgan fingerprint density at radius 2 is 1.67 bits per heavy atom. The number of rotatable bonds is 10. The Morgan fingerprint density at radius 3 is 2.33 bits per heavy atom. The predicted molar refractivity (Wildman–Crippen MR) is 92.8 cm³/mol. The van der Waals surface area contributed by atoms with Crippen LogP contribution in [0.3, 0.4) is 0 Å². The Bertz CT molecular complexity index is 378. The first kappa shape index (κ1) is 18.0. The standard InChI is InChI=1S/C18H28O2S/c1-3-5-6-7-8-10-13-16(4-2)19-18(21)20-17-14-11-9-12-15-17/h9,11-12,14-16H,3-8,10,13H2,1-2H3. The lowest BCUT2D eigenvalue weighted by molar-refractivity contribution is 0.140. The van der Waals surface area contributed by atoms with Crippen molar-refractivity contribution in [1.29, 1.82) is 0 Å². The summed E-state index contributed by atoms with van der Waals surface area (Å²) in [5, 5.41) is 0.235. The second-order valence-electron chi connectivity index (χ2n) is 5.37. The fraction of sp³-hybridized carbons (Fsp3) is 0.611. The Hall–Kier alpha value is -1.09. The molecule has 0 spiro atoms. The average Bonchev–Trinajstić information content (AvgIpc) is 2.50. The van der Waals surface area contributed by atoms with Gasteiger partial charge in [0.15, 0.2) is 0 Å². The van der Waals surface area contributed by atoms with Crippen molar-refractivity contribution >= 4 is 17.5 Å². The molecule has 2 nitrogen and oxygen atoms in total. The summed E-state index contributed by atoms with van der Waals surface area (Å²) in [4.78, 5) is 0. The van der Waals surface area contributed by atoms with E-state index in [1.807, 2.05) is 30.3 Å². The highest BCUT2D eigenvalue weighted by molar-refractivity contribution is 7.79. The molecule has 0 N–H and O–H groups in total. The van der Waals surface area contributed by atoms with Crippen LogP contribution in [0.4, 0.5) is 0 Å². The zero-order valence-corrected chi connectivity index (χ0v) is 14.2. The van der Waals surface area contributed by atoms with Crippen molar-refractivity contribution < 1.29 is 9.47 Å². The average molecular weight is 308 g/mol. The molecule has 1 rings (SSSR count). The van der Waals surface area contributed by atoms with Crippen LogP contribution < -0.4 is 4.74 Å². The van der Waals surface area contributed by atoms with Gasteiger partial charge in [-0.1, -0.05) is 64.2 Å². The molecule has 0 aromatic heterocycles. The molecule has 21 heavy (non-hydrogen) atoms. The summed E-state index contributed by atoms with van der Waals surface area (Å²) in [6, 6.07) is 9.55. The predicted octanol–water partition coefficient (Wildman–Crippen LogP) is 5.90. The summed E-state index contributed by atoms with van der Waals surface area (Å²) in [5.41, 5.74) is 0. The van der Waals surface area contributed by atoms with E-state index in [0.29, 0.717) is 0 Å². The highest BCUT2D eigenvalue weighted by Crippen LogP contribution is 2.15. The normalized spacial score (nSPS) is 11.9. The molecule has 1 atom stereocenters. The van der Waals surface area contributed by atoms with Crippen LogP contribution in [0.1, 0.15) is 65.2 Å². The van der Waals surface area contributed by atoms with E-state index in [9.17, 15) is 0 Å². The quantitative estimate of drug-likeness (QED) is 0.396. The van der Waals surface area contributed by atoms with Crippen molar-refractivity contribution in [3.8, 4) is 5.75 Å². The van der Waals surface area contributed by atoms with Crippen molar-refractivity contribution in [3.05, 3.63) is 30.3 Å². The molecule has 0 heterocycles. The van der Waals surface area contributed by atoms with Crippen molar-refractivity contribution in [2.75, 3.05) is 0 Å². The van der Waals surface area contributed by atoms with Crippen molar-refractivity contribution in [2.24, 2.45) is 0 Å². The van der Waals surface area contributed by atoms with E-state index in [4.69, 9.17) is 21.7 Å². The second kappa shape index (κ2) is 11.6. The van der Waals surface area contributed by atoms with Gasteiger partial charge >= 0.3 is 5.24 Å². The van der Waals surface area contributed by atoms with Gasteiger partial charge in [-0.25, -0.2) is 0 Å². The van der Waals surface area contributed by atoms with Crippen LogP contribution in [0, 0.1) is 0 Å². The molecule has 1 aromatic carbocycles. The summed E-state index contributed by atoms with van der Waals surface area (Å²) in [7, 11) is 0. The molecule has 0 bridgehead atoms. The molecule has 0 saturated heterocycles. The van der Waals surface area contributed by atoms with E-state index in [1.165, 1.54) is 38.5 Å². The highest BCUT2D eigenvalue weighted by Gasteiger charge is 2.11. The third-order valence-corrected chi connectivity index (χ3v) is 3.72. The molecule has 0 amide bonds. The first-order valence-electron chi connectivity index (χ1n) is 8.19. The molecule has 1 unspecified atom stereocenters. The van der Waals surface area contributed by atoms with Crippen LogP contribution in [-0.2, 0) is 4.74 Å². The van der Waals surface area contributed by atoms with Crippen molar-refractivity contribution in [3.63, 3.8) is 0 Å². The minimum atomic E-state index is 0.174. The molecule has 118 valence electrons. The topological polar surface area (TPSA) is 18.5 Å². The van der Waals surface area contributed by atoms with Gasteiger partial charge in [-0.3, -0.25) is 0 Å². The molecule has 1 aromatic rings. The van der Waals surface area contributed by atoms with Gasteiger partial charge in [0.05, 0.1) is 0 Å². The lowest BCUT2D eigenvalue weighted by Crippen LogP contribution is -2.20. The Labute approximate surface area is 134 Å². The molecular weight excluding hydrogens is 280 g/mol. The fourth-order valence-electron chi connectivity index (χ4n) is 2.24. The number of para-hydroxylation sites is 1. The summed E-state index contributed by atoms with van der Waals surface area (Å²) in [5.74, 6) is 0.733. The first-order chi connectivity index (χ1) is 10.3. The maximum atomic E-state index is 5.74. The molecule has 0 aliphatic rings. The fourth-order valence-corrected chi connectivity index (χ4v) is 2.48. The summed E-state index contributed by atoms with van der Waals surface area (Å²) in [6.45, 7) is 4.38. The van der Waals surface area contributed by atoms with Gasteiger partial charge in [-0.2, -0.15) is 0 Å². The SMILES string of the molecule is CCCCCCCCC(CC)OC(=S)Oc1ccccc1. The van der Waals surface area contributed by atoms with Gasteiger partial charge in [0.1, 0.15) is 11.9 Å². The van der Waals surface area contributed by atoms with E-state index < -0.39 is 0 Å². The Kier molecular flexibility index (Phi) is 9.88. The second-order valence-corrected chi connectivity index (χ2v) is 5.70. The zero-order valence-electron chi connectivity index (χ0n) is 13.3. The lowest BCUT2D eigenvalue weighted by Gasteiger charge is -2.17. The van der Waals surface area contributed by atoms with Crippen LogP contribution >= 0.6 is 12.2 Å². The Balaban J connectivity index is 2.19. The summed E-state index contributed by atoms with van der Waals surface area (Å²) in [6.07, 6.45) is 10.0. The minimum absolute atomic E-state index is 0.174. The number of thiocarbonyl (C=S) groups is 1. The van der Waals surface area contributed by atoms with Crippen molar-refractivity contribution in [2.45, 2.75) is 71.3 Å². The van der Waals surface area contributed by atoms with Crippen molar-refractivity contribution in [1.82, 2.24) is 0 Å². The van der Waals surface area contributed by atoms with Crippen LogP contribution in [0.25, 0.3) is 0 Å². The van der Waals surface area contributed by atoms with E-state index >= 15 is 0 Å². The van der Waals surface area contributed by atoms with Crippen LogP contribution in [0.5, 0.6) is 5.75 Å². The monoisotopic (exact) mass is 308 g/mol. The van der Waals surface area contributed by atoms with Crippen LogP contribution in [0.2, 0.25) is 0 Å². The summed E-state index contributed by atoms with van der Waals surface area (Å²) < 4.78 is 11.3. The van der Waals surface area contributed by atoms with Crippen LogP contribution in [0.15, 0.2) is 30.3 Å². The zero-order chi connectivity index (χ0) is 15.3. The molecule has 0 saturated carbocycles. The maximum Gasteiger partial charge on any atom is 0.358 e. The van der Waals surface area contributed by atoms with Gasteiger partial charge in [0.2, 0.25) is 0 Å². The number of ether oxygens (including phenoxy) is 2. The number of benzene rings is 1. The van der Waals surface area contributed by atoms with Crippen LogP contribution in [-0.4, -0.2) is 11.3 Å². The van der Waals surface area contributed by atoms with Gasteiger partial charge in [-0.15, -0.1) is 0 Å². The number of hydrogen-bond acceptors (Lipinski definition) is 3. The molecule has 0 radical (unpaired) electrons. The Morgan fingerprint density at radius 1 is 1.00 bits per heavy atom. The van der Waals surface area contributed by atoms with Gasteiger partial charge in [0, 0.05) is 12.2 Å². The van der Waals surface area contributed by atoms with E-state index in [2.05, 4.69) is 13.8 Å². The highest BCUT2D eigenvalue weighted by atomic mass is 32.1. The largest absolute Gasteiger partial charge is 0.453 e. The smallest absolute Gasteiger partial charge is 0.358 e. The molecule has 0 fully saturated rings. The van der Waals surface area contributed by atoms with E-state index in [-0.39, 0.29) is 11.3 Å². The minimum Gasteiger partial charge on any atom is -0.453 e. The third kappa shape index (κ3) is 8.71. The van der Waals surface area contributed by atoms with Gasteiger partial charge < -0.3 is 9.47 Å². The van der Waals surface area contributed by atoms with E-state index in [0.717, 1.165) is 18.6 Å². The lowest BCUT2D eigenvalue weighted by atomic mass is 10.1. The van der Waals surface area contributed by atoms with Gasteiger partial charge in [0.25, 0.3) is 0 Å². The molecule has 0 aliphatic heterocycles. The van der Waals surface area contributed by atoms with Gasteiger partial charge in [-0.05, 0) is 31.4 Å². The number of hydrogen-bond donors (Lipinski definition) is 0. The molecule has 0 aliphatic carbocycles. The van der Waals surface area contributed by atoms with E-state index in [1.54, 1.807) is 0 Å². The molecule has 3 heteroatoms. The number of unbranched alkanes of at least 4 members (excludes halogenated alkanes) is 5. The maximum absolute atomic E-state index is 5.74. The third-order valence-electron chi connectivity index (χ3n) is 3.54. The summed E-state index contributed by atoms with van der Waals surface area (Å²) >= 11 is 5.17. The molecular formula is C18H28O2S. The first-order valence-corrected chi connectivity index (χ1v) is 8.60.